The average molecular weight is 440 g/mol. The van der Waals surface area contributed by atoms with Crippen molar-refractivity contribution in [1.29, 1.82) is 0 Å². The number of carbonyl (C=O) groups is 1. The molecule has 0 saturated carbocycles. The number of hydrogen-bond acceptors (Lipinski definition) is 6. The van der Waals surface area contributed by atoms with E-state index >= 15 is 0 Å². The van der Waals surface area contributed by atoms with Crippen molar-refractivity contribution in [3.05, 3.63) is 30.3 Å². The molecule has 0 radical (unpaired) electrons. The van der Waals surface area contributed by atoms with Crippen LogP contribution in [0.3, 0.4) is 0 Å². The number of carbonyl (C=O) groups excluding carboxylic acids is 1. The summed E-state index contributed by atoms with van der Waals surface area (Å²) < 4.78 is 48.6. The highest BCUT2D eigenvalue weighted by atomic mass is 35.5. The minimum Gasteiger partial charge on any atom is -0.355 e. The number of nitrogens with one attached hydrogen (secondary N) is 1. The van der Waals surface area contributed by atoms with E-state index in [0.29, 0.717) is 39.3 Å². The van der Waals surface area contributed by atoms with Crippen molar-refractivity contribution in [1.82, 2.24) is 14.5 Å². The maximum Gasteiger partial charge on any atom is 0.221 e. The summed E-state index contributed by atoms with van der Waals surface area (Å²) in [4.78, 5) is 14.2. The summed E-state index contributed by atoms with van der Waals surface area (Å²) in [6.07, 6.45) is 1.12. The van der Waals surface area contributed by atoms with Gasteiger partial charge in [0.05, 0.1) is 16.9 Å². The molecule has 154 valence electrons. The lowest BCUT2D eigenvalue weighted by atomic mass is 10.3. The minimum atomic E-state index is -3.45. The average Bonchev–Trinajstić information content (AvgIpc) is 2.60. The molecule has 1 aliphatic heterocycles. The summed E-state index contributed by atoms with van der Waals surface area (Å²) in [7, 11) is -6.60. The van der Waals surface area contributed by atoms with Gasteiger partial charge in [0.25, 0.3) is 0 Å². The van der Waals surface area contributed by atoms with Crippen LogP contribution in [0.1, 0.15) is 6.42 Å². The normalized spacial score (nSPS) is 16.5. The summed E-state index contributed by atoms with van der Waals surface area (Å²) in [6.45, 7) is 3.14. The Morgan fingerprint density at radius 3 is 2.19 bits per heavy atom. The van der Waals surface area contributed by atoms with Crippen LogP contribution < -0.4 is 5.32 Å². The second-order valence-corrected chi connectivity index (χ2v) is 10.3. The van der Waals surface area contributed by atoms with Crippen molar-refractivity contribution in [2.45, 2.75) is 11.3 Å². The van der Waals surface area contributed by atoms with Gasteiger partial charge in [0.2, 0.25) is 15.9 Å². The molecule has 1 aliphatic rings. The maximum absolute atomic E-state index is 12.1. The van der Waals surface area contributed by atoms with Gasteiger partial charge < -0.3 is 5.32 Å². The molecule has 0 spiro atoms. The maximum atomic E-state index is 12.1. The van der Waals surface area contributed by atoms with Crippen LogP contribution in [0.4, 0.5) is 0 Å². The topological polar surface area (TPSA) is 104 Å². The molecule has 11 heteroatoms. The second-order valence-electron chi connectivity index (χ2n) is 6.24. The minimum absolute atomic E-state index is 0. The second kappa shape index (κ2) is 10.4. The molecule has 1 aromatic carbocycles. The first-order chi connectivity index (χ1) is 12.2. The Bertz CT molecular complexity index is 808. The van der Waals surface area contributed by atoms with Crippen molar-refractivity contribution in [2.24, 2.45) is 0 Å². The van der Waals surface area contributed by atoms with E-state index in [-0.39, 0.29) is 35.4 Å². The van der Waals surface area contributed by atoms with Crippen molar-refractivity contribution >= 4 is 38.2 Å². The monoisotopic (exact) mass is 439 g/mol. The van der Waals surface area contributed by atoms with Crippen molar-refractivity contribution in [3.8, 4) is 0 Å². The number of amides is 1. The lowest BCUT2D eigenvalue weighted by Gasteiger charge is -2.33. The molecule has 1 amide bonds. The number of sulfonamides is 1. The molecule has 1 aromatic rings. The van der Waals surface area contributed by atoms with Gasteiger partial charge in [-0.25, -0.2) is 16.8 Å². The fourth-order valence-electron chi connectivity index (χ4n) is 2.70. The molecular weight excluding hydrogens is 414 g/mol. The van der Waals surface area contributed by atoms with Gasteiger partial charge in [-0.3, -0.25) is 9.69 Å². The van der Waals surface area contributed by atoms with Crippen LogP contribution in [-0.4, -0.2) is 83.2 Å². The lowest BCUT2D eigenvalue weighted by molar-refractivity contribution is -0.120. The Labute approximate surface area is 167 Å². The van der Waals surface area contributed by atoms with Gasteiger partial charge in [0, 0.05) is 45.7 Å². The number of sulfone groups is 1. The Morgan fingerprint density at radius 2 is 1.63 bits per heavy atom. The highest BCUT2D eigenvalue weighted by Crippen LogP contribution is 2.11. The van der Waals surface area contributed by atoms with Crippen LogP contribution in [0.15, 0.2) is 35.2 Å². The van der Waals surface area contributed by atoms with E-state index in [1.54, 1.807) is 18.2 Å². The van der Waals surface area contributed by atoms with Crippen LogP contribution in [0.25, 0.3) is 0 Å². The van der Waals surface area contributed by atoms with Crippen molar-refractivity contribution in [3.63, 3.8) is 0 Å². The third kappa shape index (κ3) is 7.74. The third-order valence-corrected chi connectivity index (χ3v) is 7.29. The van der Waals surface area contributed by atoms with Crippen LogP contribution in [-0.2, 0) is 24.7 Å². The Balaban J connectivity index is 0.00000364. The molecular formula is C16H26ClN3O5S2. The molecule has 27 heavy (non-hydrogen) atoms. The molecule has 0 unspecified atom stereocenters. The summed E-state index contributed by atoms with van der Waals surface area (Å²) in [5.41, 5.74) is 0. The van der Waals surface area contributed by atoms with E-state index in [1.807, 2.05) is 0 Å². The first-order valence-electron chi connectivity index (χ1n) is 8.40. The van der Waals surface area contributed by atoms with Gasteiger partial charge in [0.15, 0.2) is 9.84 Å². The molecule has 1 heterocycles. The molecule has 1 fully saturated rings. The number of piperazine rings is 1. The van der Waals surface area contributed by atoms with Crippen molar-refractivity contribution in [2.75, 3.05) is 51.3 Å². The summed E-state index contributed by atoms with van der Waals surface area (Å²) in [5.74, 6) is -0.533. The zero-order chi connectivity index (χ0) is 19.2. The predicted molar refractivity (Wildman–Crippen MR) is 106 cm³/mol. The summed E-state index contributed by atoms with van der Waals surface area (Å²) >= 11 is 0. The summed E-state index contributed by atoms with van der Waals surface area (Å²) in [6, 6.07) is 8.07. The lowest BCUT2D eigenvalue weighted by Crippen LogP contribution is -2.49. The number of halogens is 1. The highest BCUT2D eigenvalue weighted by Gasteiger charge is 2.23. The quantitative estimate of drug-likeness (QED) is 0.609. The van der Waals surface area contributed by atoms with Gasteiger partial charge in [0.1, 0.15) is 0 Å². The van der Waals surface area contributed by atoms with E-state index in [1.165, 1.54) is 22.7 Å². The first kappa shape index (κ1) is 23.8. The van der Waals surface area contributed by atoms with E-state index < -0.39 is 19.9 Å². The highest BCUT2D eigenvalue weighted by molar-refractivity contribution is 7.91. The zero-order valence-electron chi connectivity index (χ0n) is 15.2. The Morgan fingerprint density at radius 1 is 1.04 bits per heavy atom. The van der Waals surface area contributed by atoms with Gasteiger partial charge in [-0.15, -0.1) is 12.4 Å². The van der Waals surface area contributed by atoms with Crippen LogP contribution in [0, 0.1) is 0 Å². The fraction of sp³-hybridized carbons (Fsp3) is 0.562. The summed E-state index contributed by atoms with van der Waals surface area (Å²) in [5, 5.41) is 2.72. The molecule has 1 N–H and O–H groups in total. The van der Waals surface area contributed by atoms with E-state index in [0.717, 1.165) is 0 Å². The largest absolute Gasteiger partial charge is 0.355 e. The fourth-order valence-corrected chi connectivity index (χ4v) is 4.79. The SMILES string of the molecule is CS(=O)(=O)N1CCN(CCNC(=O)CCS(=O)(=O)c2ccccc2)CC1.Cl. The molecule has 0 atom stereocenters. The first-order valence-corrected chi connectivity index (χ1v) is 11.9. The van der Waals surface area contributed by atoms with Gasteiger partial charge in [-0.05, 0) is 12.1 Å². The van der Waals surface area contributed by atoms with Gasteiger partial charge in [-0.1, -0.05) is 18.2 Å². The molecule has 8 nitrogen and oxygen atoms in total. The van der Waals surface area contributed by atoms with Gasteiger partial charge >= 0.3 is 0 Å². The van der Waals surface area contributed by atoms with E-state index in [9.17, 15) is 21.6 Å². The molecule has 0 aromatic heterocycles. The molecule has 1 saturated heterocycles. The van der Waals surface area contributed by atoms with E-state index in [2.05, 4.69) is 10.2 Å². The molecule has 0 aliphatic carbocycles. The van der Waals surface area contributed by atoms with Crippen LogP contribution in [0.5, 0.6) is 0 Å². The number of nitrogens with zero attached hydrogens (tertiary/aromatic N) is 2. The number of hydrogen-bond donors (Lipinski definition) is 1. The number of benzene rings is 1. The molecule has 0 bridgehead atoms. The van der Waals surface area contributed by atoms with Crippen LogP contribution in [0.2, 0.25) is 0 Å². The third-order valence-electron chi connectivity index (χ3n) is 4.25. The van der Waals surface area contributed by atoms with E-state index in [4.69, 9.17) is 0 Å². The molecule has 2 rings (SSSR count). The van der Waals surface area contributed by atoms with Gasteiger partial charge in [-0.2, -0.15) is 4.31 Å². The Kier molecular flexibility index (Phi) is 9.16. The zero-order valence-corrected chi connectivity index (χ0v) is 17.7. The Hall–Kier alpha value is -1.20. The van der Waals surface area contributed by atoms with Crippen molar-refractivity contribution < 1.29 is 21.6 Å². The predicted octanol–water partition coefficient (Wildman–Crippen LogP) is -0.0344. The number of rotatable bonds is 8. The van der Waals surface area contributed by atoms with Crippen LogP contribution >= 0.6 is 12.4 Å². The standard InChI is InChI=1S/C16H25N3O5S2.ClH/c1-25(21,22)19-12-10-18(11-13-19)9-8-17-16(20)7-14-26(23,24)15-5-3-2-4-6-15;/h2-6H,7-14H2,1H3,(H,17,20);1H. The smallest absolute Gasteiger partial charge is 0.221 e.